The summed E-state index contributed by atoms with van der Waals surface area (Å²) in [4.78, 5) is 29.4. The maximum atomic E-state index is 14.7. The second-order valence-electron chi connectivity index (χ2n) is 18.2. The topological polar surface area (TPSA) is 39.1 Å². The summed E-state index contributed by atoms with van der Waals surface area (Å²) in [6.45, 7) is 0. The van der Waals surface area contributed by atoms with Gasteiger partial charge < -0.3 is 4.57 Å². The van der Waals surface area contributed by atoms with Crippen LogP contribution >= 0.6 is 0 Å². The van der Waals surface area contributed by atoms with E-state index in [1.54, 1.807) is 0 Å². The summed E-state index contributed by atoms with van der Waals surface area (Å²) in [5.74, 6) is 0.0541. The third-order valence-corrected chi connectivity index (χ3v) is 14.9. The van der Waals surface area contributed by atoms with E-state index in [2.05, 4.69) is 199 Å². The molecule has 3 aliphatic carbocycles. The normalized spacial score (nSPS) is 15.0. The number of fused-ring (bicyclic) bond motifs is 16. The number of rotatable bonds is 6. The van der Waals surface area contributed by atoms with Crippen molar-refractivity contribution in [3.8, 4) is 39.1 Å². The number of para-hydroxylation sites is 2. The average molecular weight is 854 g/mol. The Bertz CT molecular complexity index is 3800. The minimum Gasteiger partial charge on any atom is -0.309 e. The van der Waals surface area contributed by atoms with Crippen LogP contribution in [0.4, 0.5) is 0 Å². The van der Waals surface area contributed by atoms with Crippen molar-refractivity contribution in [2.45, 2.75) is 11.3 Å². The molecule has 14 rings (SSSR count). The van der Waals surface area contributed by atoms with Gasteiger partial charge in [0.05, 0.1) is 16.4 Å². The number of hydrogen-bond donors (Lipinski definition) is 0. The van der Waals surface area contributed by atoms with Crippen molar-refractivity contribution >= 4 is 33.4 Å². The largest absolute Gasteiger partial charge is 0.309 e. The Kier molecular flexibility index (Phi) is 7.97. The summed E-state index contributed by atoms with van der Waals surface area (Å²) in [5, 5.41) is 2.40. The molecule has 1 atom stereocenters. The highest BCUT2D eigenvalue weighted by atomic mass is 16.1. The van der Waals surface area contributed by atoms with Crippen molar-refractivity contribution in [1.29, 1.82) is 0 Å². The van der Waals surface area contributed by atoms with Crippen LogP contribution in [0.25, 0.3) is 60.9 Å². The Morgan fingerprint density at radius 1 is 0.343 bits per heavy atom. The summed E-state index contributed by atoms with van der Waals surface area (Å²) in [6.07, 6.45) is 0. The van der Waals surface area contributed by atoms with Crippen molar-refractivity contribution in [1.82, 2.24) is 4.57 Å². The van der Waals surface area contributed by atoms with E-state index in [0.717, 1.165) is 61.2 Å². The summed E-state index contributed by atoms with van der Waals surface area (Å²) in [6, 6.07) is 80.2. The van der Waals surface area contributed by atoms with Crippen LogP contribution in [0.15, 0.2) is 231 Å². The fourth-order valence-electron chi connectivity index (χ4n) is 12.1. The molecule has 3 aliphatic rings. The highest BCUT2D eigenvalue weighted by Crippen LogP contribution is 2.63. The molecular weight excluding hydrogens is 815 g/mol. The molecule has 10 aromatic carbocycles. The summed E-state index contributed by atoms with van der Waals surface area (Å²) in [5.41, 5.74) is 20.2. The first-order chi connectivity index (χ1) is 33.1. The predicted molar refractivity (Wildman–Crippen MR) is 270 cm³/mol. The fourth-order valence-corrected chi connectivity index (χ4v) is 12.1. The lowest BCUT2D eigenvalue weighted by Gasteiger charge is -2.31. The molecule has 1 unspecified atom stereocenters. The molecular formula is C64H39NO2. The van der Waals surface area contributed by atoms with E-state index in [0.29, 0.717) is 22.3 Å². The predicted octanol–water partition coefficient (Wildman–Crippen LogP) is 14.7. The maximum absolute atomic E-state index is 14.7. The number of ketones is 2. The van der Waals surface area contributed by atoms with Crippen LogP contribution in [0.3, 0.4) is 0 Å². The second-order valence-corrected chi connectivity index (χ2v) is 18.2. The van der Waals surface area contributed by atoms with Gasteiger partial charge in [0.15, 0.2) is 11.6 Å². The number of aromatic nitrogens is 1. The monoisotopic (exact) mass is 853 g/mol. The van der Waals surface area contributed by atoms with Gasteiger partial charge in [0.25, 0.3) is 0 Å². The quantitative estimate of drug-likeness (QED) is 0.156. The third-order valence-electron chi connectivity index (χ3n) is 14.9. The first-order valence-electron chi connectivity index (χ1n) is 23.0. The van der Waals surface area contributed by atoms with Gasteiger partial charge in [0.2, 0.25) is 0 Å². The SMILES string of the molecule is O=C(c1ccc(C2c3ccccc3-c3ccccc32)cc1)c1ccc2c(c1)C1(c3ccccc3-2)c2ccccc2-c2ccc(C(=O)c3ccc(-n4c5ccccc5c5ccccc54)cc3)cc21. The van der Waals surface area contributed by atoms with E-state index in [4.69, 9.17) is 0 Å². The van der Waals surface area contributed by atoms with Crippen molar-refractivity contribution < 1.29 is 9.59 Å². The van der Waals surface area contributed by atoms with Crippen molar-refractivity contribution in [3.63, 3.8) is 0 Å². The van der Waals surface area contributed by atoms with Crippen molar-refractivity contribution in [2.75, 3.05) is 0 Å². The minimum atomic E-state index is -0.738. The van der Waals surface area contributed by atoms with Crippen molar-refractivity contribution in [3.05, 3.63) is 292 Å². The lowest BCUT2D eigenvalue weighted by molar-refractivity contribution is 0.103. The molecule has 0 amide bonds. The fraction of sp³-hybridized carbons (Fsp3) is 0.0312. The zero-order valence-corrected chi connectivity index (χ0v) is 36.3. The van der Waals surface area contributed by atoms with Gasteiger partial charge in [-0.05, 0) is 121 Å². The van der Waals surface area contributed by atoms with E-state index in [-0.39, 0.29) is 17.5 Å². The van der Waals surface area contributed by atoms with Crippen LogP contribution in [0, 0.1) is 0 Å². The second kappa shape index (κ2) is 14.2. The molecule has 0 fully saturated rings. The Hall–Kier alpha value is -8.66. The Balaban J connectivity index is 0.856. The molecule has 0 N–H and O–H groups in total. The first kappa shape index (κ1) is 37.7. The Labute approximate surface area is 387 Å². The molecule has 3 nitrogen and oxygen atoms in total. The Morgan fingerprint density at radius 3 is 1.24 bits per heavy atom. The molecule has 0 saturated carbocycles. The lowest BCUT2D eigenvalue weighted by atomic mass is 9.70. The molecule has 1 aromatic heterocycles. The van der Waals surface area contributed by atoms with Gasteiger partial charge in [-0.2, -0.15) is 0 Å². The smallest absolute Gasteiger partial charge is 0.193 e. The molecule has 312 valence electrons. The van der Waals surface area contributed by atoms with E-state index in [9.17, 15) is 9.59 Å². The van der Waals surface area contributed by atoms with Gasteiger partial charge in [-0.25, -0.2) is 0 Å². The number of benzene rings is 10. The first-order valence-corrected chi connectivity index (χ1v) is 23.0. The molecule has 1 heterocycles. The van der Waals surface area contributed by atoms with Crippen LogP contribution in [-0.4, -0.2) is 16.1 Å². The van der Waals surface area contributed by atoms with E-state index in [1.807, 2.05) is 36.4 Å². The van der Waals surface area contributed by atoms with Crippen LogP contribution in [0.2, 0.25) is 0 Å². The molecule has 11 aromatic rings. The molecule has 1 spiro atoms. The molecule has 67 heavy (non-hydrogen) atoms. The highest BCUT2D eigenvalue weighted by Gasteiger charge is 2.52. The third kappa shape index (κ3) is 5.22. The number of hydrogen-bond acceptors (Lipinski definition) is 2. The zero-order chi connectivity index (χ0) is 44.4. The van der Waals surface area contributed by atoms with Gasteiger partial charge in [0.1, 0.15) is 0 Å². The minimum absolute atomic E-state index is 0.0209. The maximum Gasteiger partial charge on any atom is 0.193 e. The number of carbonyl (C=O) groups is 2. The van der Waals surface area contributed by atoms with Gasteiger partial charge in [0, 0.05) is 44.6 Å². The summed E-state index contributed by atoms with van der Waals surface area (Å²) >= 11 is 0. The summed E-state index contributed by atoms with van der Waals surface area (Å²) < 4.78 is 2.27. The molecule has 3 heteroatoms. The number of nitrogens with zero attached hydrogens (tertiary/aromatic N) is 1. The van der Waals surface area contributed by atoms with Gasteiger partial charge >= 0.3 is 0 Å². The molecule has 0 radical (unpaired) electrons. The van der Waals surface area contributed by atoms with Crippen LogP contribution in [0.5, 0.6) is 0 Å². The van der Waals surface area contributed by atoms with Crippen LogP contribution < -0.4 is 0 Å². The number of carbonyl (C=O) groups excluding carboxylic acids is 2. The summed E-state index contributed by atoms with van der Waals surface area (Å²) in [7, 11) is 0. The Morgan fingerprint density at radius 2 is 0.731 bits per heavy atom. The van der Waals surface area contributed by atoms with Gasteiger partial charge in [-0.3, -0.25) is 9.59 Å². The highest BCUT2D eigenvalue weighted by molar-refractivity contribution is 6.12. The zero-order valence-electron chi connectivity index (χ0n) is 36.3. The van der Waals surface area contributed by atoms with E-state index in [1.165, 1.54) is 38.6 Å². The lowest BCUT2D eigenvalue weighted by Crippen LogP contribution is -2.26. The van der Waals surface area contributed by atoms with E-state index < -0.39 is 5.41 Å². The van der Waals surface area contributed by atoms with Crippen LogP contribution in [-0.2, 0) is 5.41 Å². The van der Waals surface area contributed by atoms with Gasteiger partial charge in [-0.15, -0.1) is 0 Å². The molecule has 0 aliphatic heterocycles. The van der Waals surface area contributed by atoms with Crippen LogP contribution in [0.1, 0.15) is 76.7 Å². The van der Waals surface area contributed by atoms with E-state index >= 15 is 0 Å². The van der Waals surface area contributed by atoms with Gasteiger partial charge in [-0.1, -0.05) is 182 Å². The average Bonchev–Trinajstić information content (AvgIpc) is 4.10. The molecule has 0 saturated heterocycles. The molecule has 0 bridgehead atoms. The standard InChI is InChI=1S/C64H39NO2/c66-62(40-27-25-39(26-28-40)61-53-19-3-1-13-45(53)46-14-2-4-20-54(46)61)42-31-35-49-47-15-5-9-21-55(47)64(57(49)37-42)56-22-10-6-16-48(56)50-36-32-43(38-58(50)64)63(67)41-29-33-44(34-30-41)65-59-23-11-7-17-51(59)52-18-8-12-24-60(52)65/h1-38,61H. The van der Waals surface area contributed by atoms with Crippen molar-refractivity contribution in [2.24, 2.45) is 0 Å².